The second-order valence-electron chi connectivity index (χ2n) is 3.45. The third-order valence-corrected chi connectivity index (χ3v) is 3.50. The highest BCUT2D eigenvalue weighted by Crippen LogP contribution is 2.22. The third-order valence-electron chi connectivity index (χ3n) is 2.16. The van der Waals surface area contributed by atoms with Crippen LogP contribution in [0.15, 0.2) is 23.4 Å². The average Bonchev–Trinajstić information content (AvgIpc) is 2.79. The summed E-state index contributed by atoms with van der Waals surface area (Å²) in [4.78, 5) is 0. The Labute approximate surface area is 112 Å². The van der Waals surface area contributed by atoms with Crippen LogP contribution in [-0.2, 0) is 12.3 Å². The van der Waals surface area contributed by atoms with Gasteiger partial charge in [0.15, 0.2) is 0 Å². The van der Waals surface area contributed by atoms with Gasteiger partial charge in [-0.3, -0.25) is 0 Å². The van der Waals surface area contributed by atoms with Crippen LogP contribution in [0.5, 0.6) is 0 Å². The maximum atomic E-state index is 13.2. The van der Waals surface area contributed by atoms with E-state index in [1.165, 1.54) is 28.6 Å². The van der Waals surface area contributed by atoms with Crippen molar-refractivity contribution in [3.63, 3.8) is 0 Å². The number of nitrogens with zero attached hydrogens (tertiary/aromatic N) is 4. The quantitative estimate of drug-likeness (QED) is 0.849. The summed E-state index contributed by atoms with van der Waals surface area (Å²) in [5, 5.41) is 20.6. The smallest absolute Gasteiger partial charge is 0.209 e. The zero-order valence-corrected chi connectivity index (χ0v) is 10.8. The van der Waals surface area contributed by atoms with Gasteiger partial charge in [0, 0.05) is 5.75 Å². The summed E-state index contributed by atoms with van der Waals surface area (Å²) in [6, 6.07) is 4.65. The van der Waals surface area contributed by atoms with Crippen molar-refractivity contribution in [1.82, 2.24) is 20.2 Å². The monoisotopic (exact) mass is 288 g/mol. The maximum Gasteiger partial charge on any atom is 0.209 e. The molecule has 18 heavy (non-hydrogen) atoms. The first-order valence-corrected chi connectivity index (χ1v) is 6.51. The molecule has 0 fully saturated rings. The number of hydrogen-bond donors (Lipinski definition) is 1. The lowest BCUT2D eigenvalue weighted by atomic mass is 10.2. The Kier molecular flexibility index (Phi) is 4.51. The van der Waals surface area contributed by atoms with E-state index >= 15 is 0 Å². The molecule has 1 aromatic carbocycles. The molecule has 0 aliphatic heterocycles. The van der Waals surface area contributed by atoms with E-state index in [0.717, 1.165) is 5.56 Å². The Bertz CT molecular complexity index is 536. The van der Waals surface area contributed by atoms with Crippen molar-refractivity contribution < 1.29 is 9.50 Å². The molecule has 1 heterocycles. The molecule has 0 saturated carbocycles. The molecule has 1 aromatic heterocycles. The average molecular weight is 289 g/mol. The van der Waals surface area contributed by atoms with Crippen LogP contribution in [0.3, 0.4) is 0 Å². The van der Waals surface area contributed by atoms with E-state index in [0.29, 0.717) is 17.5 Å². The van der Waals surface area contributed by atoms with E-state index in [1.807, 2.05) is 0 Å². The van der Waals surface area contributed by atoms with E-state index in [9.17, 15) is 4.39 Å². The van der Waals surface area contributed by atoms with Crippen molar-refractivity contribution >= 4 is 23.4 Å². The van der Waals surface area contributed by atoms with E-state index in [1.54, 1.807) is 6.07 Å². The zero-order chi connectivity index (χ0) is 13.0. The number of benzene rings is 1. The minimum absolute atomic E-state index is 0.0336. The molecule has 0 aliphatic rings. The van der Waals surface area contributed by atoms with Crippen LogP contribution in [0.1, 0.15) is 5.56 Å². The van der Waals surface area contributed by atoms with Gasteiger partial charge < -0.3 is 5.11 Å². The van der Waals surface area contributed by atoms with Crippen molar-refractivity contribution in [2.24, 2.45) is 0 Å². The van der Waals surface area contributed by atoms with Gasteiger partial charge >= 0.3 is 0 Å². The molecule has 0 bridgehead atoms. The van der Waals surface area contributed by atoms with Gasteiger partial charge in [-0.1, -0.05) is 29.4 Å². The lowest BCUT2D eigenvalue weighted by Crippen LogP contribution is -2.05. The number of rotatable bonds is 5. The SMILES string of the molecule is OCCn1nnnc1SCc1ccc(Cl)c(F)c1. The van der Waals surface area contributed by atoms with Gasteiger partial charge in [-0.05, 0) is 28.1 Å². The molecule has 2 rings (SSSR count). The Morgan fingerprint density at radius 1 is 1.44 bits per heavy atom. The van der Waals surface area contributed by atoms with Crippen LogP contribution < -0.4 is 0 Å². The fourth-order valence-electron chi connectivity index (χ4n) is 1.31. The standard InChI is InChI=1S/C10H10ClFN4OS/c11-8-2-1-7(5-9(8)12)6-18-10-13-14-15-16(10)3-4-17/h1-2,5,17H,3-4,6H2. The second kappa shape index (κ2) is 6.12. The fraction of sp³-hybridized carbons (Fsp3) is 0.300. The second-order valence-corrected chi connectivity index (χ2v) is 4.80. The predicted octanol–water partition coefficient (Wildman–Crippen LogP) is 1.75. The molecule has 1 N–H and O–H groups in total. The number of aromatic nitrogens is 4. The molecule has 0 radical (unpaired) electrons. The van der Waals surface area contributed by atoms with Gasteiger partial charge in [-0.2, -0.15) is 0 Å². The number of aliphatic hydroxyl groups is 1. The third kappa shape index (κ3) is 3.18. The summed E-state index contributed by atoms with van der Waals surface area (Å²) in [7, 11) is 0. The van der Waals surface area contributed by atoms with E-state index in [4.69, 9.17) is 16.7 Å². The van der Waals surface area contributed by atoms with Crippen molar-refractivity contribution in [3.8, 4) is 0 Å². The highest BCUT2D eigenvalue weighted by Gasteiger charge is 2.07. The summed E-state index contributed by atoms with van der Waals surface area (Å²) in [5.74, 6) is 0.0876. The van der Waals surface area contributed by atoms with E-state index in [-0.39, 0.29) is 11.6 Å². The summed E-state index contributed by atoms with van der Waals surface area (Å²) >= 11 is 6.97. The molecular formula is C10H10ClFN4OS. The Hall–Kier alpha value is -1.18. The van der Waals surface area contributed by atoms with E-state index in [2.05, 4.69) is 15.5 Å². The lowest BCUT2D eigenvalue weighted by molar-refractivity contribution is 0.262. The van der Waals surface area contributed by atoms with Crippen molar-refractivity contribution in [2.75, 3.05) is 6.61 Å². The van der Waals surface area contributed by atoms with Gasteiger partial charge in [0.25, 0.3) is 0 Å². The van der Waals surface area contributed by atoms with E-state index < -0.39 is 5.82 Å². The highest BCUT2D eigenvalue weighted by atomic mass is 35.5. The van der Waals surface area contributed by atoms with Gasteiger partial charge in [-0.25, -0.2) is 9.07 Å². The summed E-state index contributed by atoms with van der Waals surface area (Å²) in [6.07, 6.45) is 0. The van der Waals surface area contributed by atoms with Gasteiger partial charge in [0.05, 0.1) is 18.2 Å². The Balaban J connectivity index is 2.02. The van der Waals surface area contributed by atoms with Crippen LogP contribution in [0.4, 0.5) is 4.39 Å². The lowest BCUT2D eigenvalue weighted by Gasteiger charge is -2.03. The minimum atomic E-state index is -0.440. The molecule has 0 saturated heterocycles. The molecule has 8 heteroatoms. The van der Waals surface area contributed by atoms with Gasteiger partial charge in [-0.15, -0.1) is 5.10 Å². The molecule has 0 atom stereocenters. The van der Waals surface area contributed by atoms with Gasteiger partial charge in [0.1, 0.15) is 5.82 Å². The molecule has 0 amide bonds. The molecule has 96 valence electrons. The molecule has 0 spiro atoms. The number of thioether (sulfide) groups is 1. The van der Waals surface area contributed by atoms with Gasteiger partial charge in [0.2, 0.25) is 5.16 Å². The minimum Gasteiger partial charge on any atom is -0.394 e. The summed E-state index contributed by atoms with van der Waals surface area (Å²) < 4.78 is 14.7. The first kappa shape index (κ1) is 13.3. The van der Waals surface area contributed by atoms with Crippen LogP contribution >= 0.6 is 23.4 Å². The van der Waals surface area contributed by atoms with Crippen molar-refractivity contribution in [3.05, 3.63) is 34.6 Å². The largest absolute Gasteiger partial charge is 0.394 e. The number of tetrazole rings is 1. The zero-order valence-electron chi connectivity index (χ0n) is 9.25. The maximum absolute atomic E-state index is 13.2. The van der Waals surface area contributed by atoms with Crippen LogP contribution in [0, 0.1) is 5.82 Å². The Morgan fingerprint density at radius 2 is 2.28 bits per heavy atom. The number of halogens is 2. The van der Waals surface area contributed by atoms with Crippen LogP contribution in [-0.4, -0.2) is 31.9 Å². The predicted molar refractivity (Wildman–Crippen MR) is 65.9 cm³/mol. The molecule has 5 nitrogen and oxygen atoms in total. The van der Waals surface area contributed by atoms with Crippen molar-refractivity contribution in [1.29, 1.82) is 0 Å². The number of aliphatic hydroxyl groups excluding tert-OH is 1. The van der Waals surface area contributed by atoms with Crippen LogP contribution in [0.2, 0.25) is 5.02 Å². The Morgan fingerprint density at radius 3 is 3.00 bits per heavy atom. The molecule has 2 aromatic rings. The summed E-state index contributed by atoms with van der Waals surface area (Å²) in [6.45, 7) is 0.304. The highest BCUT2D eigenvalue weighted by molar-refractivity contribution is 7.98. The molecule has 0 aliphatic carbocycles. The van der Waals surface area contributed by atoms with Crippen LogP contribution in [0.25, 0.3) is 0 Å². The first-order valence-electron chi connectivity index (χ1n) is 5.14. The number of hydrogen-bond acceptors (Lipinski definition) is 5. The first-order chi connectivity index (χ1) is 8.70. The topological polar surface area (TPSA) is 63.8 Å². The normalized spacial score (nSPS) is 10.8. The van der Waals surface area contributed by atoms with Crippen molar-refractivity contribution in [2.45, 2.75) is 17.5 Å². The fourth-order valence-corrected chi connectivity index (χ4v) is 2.28. The summed E-state index contributed by atoms with van der Waals surface area (Å²) in [5.41, 5.74) is 0.792. The molecular weight excluding hydrogens is 279 g/mol. The molecule has 0 unspecified atom stereocenters.